The highest BCUT2D eigenvalue weighted by Gasteiger charge is 2.27. The van der Waals surface area contributed by atoms with Gasteiger partial charge in [0, 0.05) is 45.4 Å². The van der Waals surface area contributed by atoms with E-state index in [-0.39, 0.29) is 17.9 Å². The Balaban J connectivity index is 1.71. The van der Waals surface area contributed by atoms with Crippen LogP contribution in [-0.2, 0) is 14.3 Å². The molecule has 0 aliphatic carbocycles. The Morgan fingerprint density at radius 3 is 2.96 bits per heavy atom. The lowest BCUT2D eigenvalue weighted by Gasteiger charge is -2.39. The molecule has 138 valence electrons. The van der Waals surface area contributed by atoms with Crippen molar-refractivity contribution in [3.8, 4) is 0 Å². The molecule has 0 spiro atoms. The molecule has 2 fully saturated rings. The molecule has 2 aliphatic rings. The first kappa shape index (κ1) is 19.1. The summed E-state index contributed by atoms with van der Waals surface area (Å²) in [6.45, 7) is 10.4. The molecule has 0 aromatic carbocycles. The largest absolute Gasteiger partial charge is 0.380 e. The minimum absolute atomic E-state index is 0.0463. The fraction of sp³-hybridized carbons (Fsp3) is 0.882. The smallest absolute Gasteiger partial charge is 0.242 e. The van der Waals surface area contributed by atoms with E-state index in [0.29, 0.717) is 19.1 Å². The summed E-state index contributed by atoms with van der Waals surface area (Å²) in [4.78, 5) is 28.8. The lowest BCUT2D eigenvalue weighted by atomic mass is 10.1. The van der Waals surface area contributed by atoms with E-state index in [2.05, 4.69) is 27.4 Å². The second kappa shape index (κ2) is 9.96. The van der Waals surface area contributed by atoms with Gasteiger partial charge in [0.2, 0.25) is 11.8 Å². The summed E-state index contributed by atoms with van der Waals surface area (Å²) in [6.07, 6.45) is 2.69. The molecule has 7 heteroatoms. The number of carbonyl (C=O) groups excluding carboxylic acids is 2. The van der Waals surface area contributed by atoms with E-state index in [9.17, 15) is 9.59 Å². The molecule has 2 rings (SSSR count). The molecule has 0 bridgehead atoms. The second-order valence-electron chi connectivity index (χ2n) is 6.72. The number of piperazine rings is 1. The lowest BCUT2D eigenvalue weighted by Crippen LogP contribution is -2.55. The second-order valence-corrected chi connectivity index (χ2v) is 6.72. The Kier molecular flexibility index (Phi) is 7.94. The molecule has 24 heavy (non-hydrogen) atoms. The minimum Gasteiger partial charge on any atom is -0.380 e. The number of nitrogens with one attached hydrogen (secondary N) is 2. The van der Waals surface area contributed by atoms with Gasteiger partial charge in [-0.2, -0.15) is 0 Å². The van der Waals surface area contributed by atoms with Gasteiger partial charge in [-0.15, -0.1) is 0 Å². The monoisotopic (exact) mass is 340 g/mol. The van der Waals surface area contributed by atoms with Crippen LogP contribution in [0.4, 0.5) is 0 Å². The predicted octanol–water partition coefficient (Wildman–Crippen LogP) is -0.186. The van der Waals surface area contributed by atoms with Crippen molar-refractivity contribution in [2.24, 2.45) is 0 Å². The molecule has 2 N–H and O–H groups in total. The maximum Gasteiger partial charge on any atom is 0.242 e. The Bertz CT molecular complexity index is 419. The third kappa shape index (κ3) is 6.03. The maximum atomic E-state index is 12.3. The van der Waals surface area contributed by atoms with Crippen molar-refractivity contribution in [3.63, 3.8) is 0 Å². The Morgan fingerprint density at radius 1 is 1.38 bits per heavy atom. The van der Waals surface area contributed by atoms with Gasteiger partial charge in [0.25, 0.3) is 0 Å². The van der Waals surface area contributed by atoms with E-state index in [1.54, 1.807) is 0 Å². The highest BCUT2D eigenvalue weighted by molar-refractivity contribution is 5.88. The number of hydrogen-bond donors (Lipinski definition) is 2. The van der Waals surface area contributed by atoms with Crippen LogP contribution in [0.15, 0.2) is 0 Å². The average molecular weight is 340 g/mol. The predicted molar refractivity (Wildman–Crippen MR) is 92.8 cm³/mol. The Hall–Kier alpha value is -1.18. The summed E-state index contributed by atoms with van der Waals surface area (Å²) in [6, 6.07) is 0.0399. The molecule has 0 radical (unpaired) electrons. The standard InChI is InChI=1S/C17H32N4O3/c1-3-24-11-10-21-9-8-20(12-14(21)2)13-16(22)19-15-6-4-5-7-18-17(15)23/h14-15H,3-13H2,1-2H3,(H,18,23)(H,19,22). The quantitative estimate of drug-likeness (QED) is 0.629. The molecule has 2 unspecified atom stereocenters. The number of ether oxygens (including phenoxy) is 1. The topological polar surface area (TPSA) is 73.9 Å². The van der Waals surface area contributed by atoms with E-state index in [4.69, 9.17) is 4.74 Å². The van der Waals surface area contributed by atoms with Gasteiger partial charge in [-0.3, -0.25) is 19.4 Å². The van der Waals surface area contributed by atoms with Gasteiger partial charge in [0.1, 0.15) is 6.04 Å². The zero-order valence-electron chi connectivity index (χ0n) is 15.1. The van der Waals surface area contributed by atoms with Gasteiger partial charge < -0.3 is 15.4 Å². The van der Waals surface area contributed by atoms with E-state index < -0.39 is 0 Å². The third-order valence-corrected chi connectivity index (χ3v) is 4.81. The molecule has 2 atom stereocenters. The van der Waals surface area contributed by atoms with Crippen LogP contribution < -0.4 is 10.6 Å². The van der Waals surface area contributed by atoms with Crippen LogP contribution in [0.25, 0.3) is 0 Å². The summed E-state index contributed by atoms with van der Waals surface area (Å²) in [5.74, 6) is -0.0954. The zero-order valence-corrected chi connectivity index (χ0v) is 15.1. The van der Waals surface area contributed by atoms with Crippen molar-refractivity contribution in [3.05, 3.63) is 0 Å². The van der Waals surface area contributed by atoms with Crippen molar-refractivity contribution < 1.29 is 14.3 Å². The van der Waals surface area contributed by atoms with Crippen molar-refractivity contribution in [1.29, 1.82) is 0 Å². The first-order chi connectivity index (χ1) is 11.6. The average Bonchev–Trinajstić information content (AvgIpc) is 2.74. The molecule has 0 saturated carbocycles. The Labute approximate surface area is 145 Å². The minimum atomic E-state index is -0.370. The summed E-state index contributed by atoms with van der Waals surface area (Å²) >= 11 is 0. The number of carbonyl (C=O) groups is 2. The highest BCUT2D eigenvalue weighted by atomic mass is 16.5. The van der Waals surface area contributed by atoms with Gasteiger partial charge in [-0.05, 0) is 33.1 Å². The van der Waals surface area contributed by atoms with Gasteiger partial charge >= 0.3 is 0 Å². The van der Waals surface area contributed by atoms with E-state index in [0.717, 1.165) is 58.7 Å². The molecule has 2 saturated heterocycles. The molecular formula is C17H32N4O3. The Morgan fingerprint density at radius 2 is 2.21 bits per heavy atom. The highest BCUT2D eigenvalue weighted by Crippen LogP contribution is 2.09. The first-order valence-corrected chi connectivity index (χ1v) is 9.21. The van der Waals surface area contributed by atoms with Gasteiger partial charge in [-0.25, -0.2) is 0 Å². The SMILES string of the molecule is CCOCCN1CCN(CC(=O)NC2CCCCNC2=O)CC1C. The van der Waals surface area contributed by atoms with Crippen molar-refractivity contribution in [2.45, 2.75) is 45.2 Å². The van der Waals surface area contributed by atoms with Crippen LogP contribution in [0, 0.1) is 0 Å². The first-order valence-electron chi connectivity index (χ1n) is 9.21. The summed E-state index contributed by atoms with van der Waals surface area (Å²) in [7, 11) is 0. The zero-order chi connectivity index (χ0) is 17.4. The molecule has 2 heterocycles. The normalized spacial score (nSPS) is 26.7. The van der Waals surface area contributed by atoms with Crippen LogP contribution in [0.3, 0.4) is 0 Å². The van der Waals surface area contributed by atoms with Crippen LogP contribution in [0.2, 0.25) is 0 Å². The summed E-state index contributed by atoms with van der Waals surface area (Å²) < 4.78 is 5.42. The summed E-state index contributed by atoms with van der Waals surface area (Å²) in [5.41, 5.74) is 0. The number of amides is 2. The van der Waals surface area contributed by atoms with Crippen LogP contribution in [0.5, 0.6) is 0 Å². The lowest BCUT2D eigenvalue weighted by molar-refractivity contribution is -0.129. The molecule has 0 aromatic heterocycles. The van der Waals surface area contributed by atoms with Crippen molar-refractivity contribution >= 4 is 11.8 Å². The molecule has 0 aromatic rings. The van der Waals surface area contributed by atoms with E-state index in [1.807, 2.05) is 6.92 Å². The molecule has 7 nitrogen and oxygen atoms in total. The molecule has 2 aliphatic heterocycles. The fourth-order valence-corrected chi connectivity index (χ4v) is 3.39. The van der Waals surface area contributed by atoms with E-state index >= 15 is 0 Å². The van der Waals surface area contributed by atoms with Crippen LogP contribution >= 0.6 is 0 Å². The van der Waals surface area contributed by atoms with Gasteiger partial charge in [0.15, 0.2) is 0 Å². The molecular weight excluding hydrogens is 308 g/mol. The van der Waals surface area contributed by atoms with Crippen molar-refractivity contribution in [1.82, 2.24) is 20.4 Å². The third-order valence-electron chi connectivity index (χ3n) is 4.81. The van der Waals surface area contributed by atoms with Gasteiger partial charge in [0.05, 0.1) is 13.2 Å². The number of rotatable bonds is 7. The molecule has 2 amide bonds. The fourth-order valence-electron chi connectivity index (χ4n) is 3.39. The van der Waals surface area contributed by atoms with Crippen molar-refractivity contribution in [2.75, 3.05) is 52.5 Å². The van der Waals surface area contributed by atoms with Gasteiger partial charge in [-0.1, -0.05) is 0 Å². The maximum absolute atomic E-state index is 12.3. The number of nitrogens with zero attached hydrogens (tertiary/aromatic N) is 2. The summed E-state index contributed by atoms with van der Waals surface area (Å²) in [5, 5.41) is 5.75. The van der Waals surface area contributed by atoms with Crippen LogP contribution in [-0.4, -0.2) is 86.2 Å². The van der Waals surface area contributed by atoms with Crippen LogP contribution in [0.1, 0.15) is 33.1 Å². The van der Waals surface area contributed by atoms with E-state index in [1.165, 1.54) is 0 Å². The number of hydrogen-bond acceptors (Lipinski definition) is 5.